The summed E-state index contributed by atoms with van der Waals surface area (Å²) >= 11 is 0. The van der Waals surface area contributed by atoms with Crippen LogP contribution in [0.5, 0.6) is 0 Å². The minimum Gasteiger partial charge on any atom is -0.256 e. The first-order valence-electron chi connectivity index (χ1n) is 4.63. The van der Waals surface area contributed by atoms with E-state index >= 15 is 0 Å². The standard InChI is InChI=1S/C12H10N/c1-2-10-5-6-11(9-3-4-9)8-12(10)13-7-1/h1-2,5-8H,3-4H2. The molecule has 1 saturated carbocycles. The fraction of sp³-hybridized carbons (Fsp3) is 0.167. The van der Waals surface area contributed by atoms with Crippen molar-refractivity contribution in [3.8, 4) is 0 Å². The van der Waals surface area contributed by atoms with E-state index in [1.54, 1.807) is 5.92 Å². The van der Waals surface area contributed by atoms with Gasteiger partial charge < -0.3 is 0 Å². The van der Waals surface area contributed by atoms with E-state index in [9.17, 15) is 0 Å². The Morgan fingerprint density at radius 3 is 2.85 bits per heavy atom. The van der Waals surface area contributed by atoms with Crippen LogP contribution in [0.2, 0.25) is 0 Å². The van der Waals surface area contributed by atoms with Crippen LogP contribution in [0.15, 0.2) is 36.5 Å². The Hall–Kier alpha value is -1.37. The fourth-order valence-corrected chi connectivity index (χ4v) is 1.64. The van der Waals surface area contributed by atoms with Crippen molar-refractivity contribution in [3.63, 3.8) is 0 Å². The molecule has 0 unspecified atom stereocenters. The lowest BCUT2D eigenvalue weighted by Gasteiger charge is -1.99. The third-order valence-corrected chi connectivity index (χ3v) is 2.51. The van der Waals surface area contributed by atoms with Crippen molar-refractivity contribution in [2.45, 2.75) is 12.8 Å². The Labute approximate surface area is 77.4 Å². The van der Waals surface area contributed by atoms with Crippen molar-refractivity contribution >= 4 is 10.9 Å². The molecule has 1 fully saturated rings. The number of nitrogens with zero attached hydrogens (tertiary/aromatic N) is 1. The quantitative estimate of drug-likeness (QED) is 0.638. The van der Waals surface area contributed by atoms with E-state index in [4.69, 9.17) is 0 Å². The number of pyridine rings is 1. The van der Waals surface area contributed by atoms with Crippen LogP contribution in [0.1, 0.15) is 18.4 Å². The van der Waals surface area contributed by atoms with E-state index in [0.29, 0.717) is 0 Å². The van der Waals surface area contributed by atoms with Gasteiger partial charge in [0.25, 0.3) is 0 Å². The van der Waals surface area contributed by atoms with Gasteiger partial charge in [0.1, 0.15) is 0 Å². The smallest absolute Gasteiger partial charge is 0.0704 e. The van der Waals surface area contributed by atoms with Gasteiger partial charge in [-0.3, -0.25) is 4.98 Å². The van der Waals surface area contributed by atoms with E-state index in [1.165, 1.54) is 23.8 Å². The molecule has 3 rings (SSSR count). The zero-order valence-electron chi connectivity index (χ0n) is 7.33. The lowest BCUT2D eigenvalue weighted by Crippen LogP contribution is -1.82. The third kappa shape index (κ3) is 1.21. The molecule has 0 atom stereocenters. The second kappa shape index (κ2) is 2.56. The Morgan fingerprint density at radius 2 is 2.00 bits per heavy atom. The Morgan fingerprint density at radius 1 is 1.08 bits per heavy atom. The fourth-order valence-electron chi connectivity index (χ4n) is 1.64. The first-order chi connectivity index (χ1) is 6.43. The average Bonchev–Trinajstić information content (AvgIpc) is 3.00. The van der Waals surface area contributed by atoms with E-state index in [-0.39, 0.29) is 0 Å². The van der Waals surface area contributed by atoms with Gasteiger partial charge in [-0.25, -0.2) is 0 Å². The summed E-state index contributed by atoms with van der Waals surface area (Å²) in [7, 11) is 0. The topological polar surface area (TPSA) is 12.9 Å². The minimum absolute atomic E-state index is 1.11. The number of aromatic nitrogens is 1. The highest BCUT2D eigenvalue weighted by Gasteiger charge is 2.24. The summed E-state index contributed by atoms with van der Waals surface area (Å²) in [6.07, 6.45) is 4.40. The number of fused-ring (bicyclic) bond motifs is 1. The molecule has 0 saturated heterocycles. The van der Waals surface area contributed by atoms with Gasteiger partial charge in [0.15, 0.2) is 0 Å². The van der Waals surface area contributed by atoms with Gasteiger partial charge in [-0.1, -0.05) is 18.2 Å². The SMILES string of the molecule is c1cnc2cc([C]3CC3)ccc2c1. The molecule has 0 aliphatic heterocycles. The number of benzene rings is 1. The lowest BCUT2D eigenvalue weighted by atomic mass is 10.1. The van der Waals surface area contributed by atoms with Crippen molar-refractivity contribution in [2.24, 2.45) is 0 Å². The maximum Gasteiger partial charge on any atom is 0.0704 e. The molecule has 0 N–H and O–H groups in total. The molecular formula is C12H10N. The largest absolute Gasteiger partial charge is 0.256 e. The van der Waals surface area contributed by atoms with E-state index in [1.807, 2.05) is 12.3 Å². The molecule has 0 bridgehead atoms. The lowest BCUT2D eigenvalue weighted by molar-refractivity contribution is 1.37. The van der Waals surface area contributed by atoms with Crippen molar-refractivity contribution in [2.75, 3.05) is 0 Å². The normalized spacial score (nSPS) is 16.3. The third-order valence-electron chi connectivity index (χ3n) is 2.51. The van der Waals surface area contributed by atoms with E-state index in [2.05, 4.69) is 29.2 Å². The molecule has 0 amide bonds. The van der Waals surface area contributed by atoms with Crippen LogP contribution in [0.3, 0.4) is 0 Å². The van der Waals surface area contributed by atoms with Crippen LogP contribution < -0.4 is 0 Å². The molecule has 1 aliphatic carbocycles. The average molecular weight is 168 g/mol. The summed E-state index contributed by atoms with van der Waals surface area (Å²) in [6, 6.07) is 10.6. The van der Waals surface area contributed by atoms with Crippen LogP contribution >= 0.6 is 0 Å². The van der Waals surface area contributed by atoms with E-state index < -0.39 is 0 Å². The van der Waals surface area contributed by atoms with Crippen molar-refractivity contribution in [3.05, 3.63) is 48.0 Å². The monoisotopic (exact) mass is 168 g/mol. The molecule has 1 heteroatoms. The summed E-state index contributed by atoms with van der Waals surface area (Å²) in [5.74, 6) is 1.58. The van der Waals surface area contributed by atoms with Crippen molar-refractivity contribution in [1.29, 1.82) is 0 Å². The highest BCUT2D eigenvalue weighted by molar-refractivity contribution is 5.79. The molecular weight excluding hydrogens is 158 g/mol. The maximum atomic E-state index is 4.34. The van der Waals surface area contributed by atoms with Crippen LogP contribution in [0.25, 0.3) is 10.9 Å². The summed E-state index contributed by atoms with van der Waals surface area (Å²) in [5.41, 5.74) is 2.49. The van der Waals surface area contributed by atoms with Crippen LogP contribution in [-0.4, -0.2) is 4.98 Å². The number of hydrogen-bond donors (Lipinski definition) is 0. The summed E-state index contributed by atoms with van der Waals surface area (Å²) < 4.78 is 0. The maximum absolute atomic E-state index is 4.34. The number of rotatable bonds is 1. The Bertz CT molecular complexity index is 444. The minimum atomic E-state index is 1.11. The summed E-state index contributed by atoms with van der Waals surface area (Å²) in [6.45, 7) is 0. The molecule has 2 aromatic rings. The van der Waals surface area contributed by atoms with Gasteiger partial charge in [-0.15, -0.1) is 0 Å². The Kier molecular flexibility index (Phi) is 1.39. The highest BCUT2D eigenvalue weighted by atomic mass is 14.6. The first kappa shape index (κ1) is 7.07. The van der Waals surface area contributed by atoms with Gasteiger partial charge in [-0.05, 0) is 30.5 Å². The molecule has 1 aliphatic rings. The zero-order valence-corrected chi connectivity index (χ0v) is 7.33. The van der Waals surface area contributed by atoms with Gasteiger partial charge >= 0.3 is 0 Å². The second-order valence-electron chi connectivity index (χ2n) is 3.51. The van der Waals surface area contributed by atoms with Crippen molar-refractivity contribution in [1.82, 2.24) is 4.98 Å². The molecule has 0 spiro atoms. The van der Waals surface area contributed by atoms with Crippen LogP contribution in [-0.2, 0) is 0 Å². The summed E-state index contributed by atoms with van der Waals surface area (Å²) in [4.78, 5) is 4.34. The molecule has 63 valence electrons. The molecule has 13 heavy (non-hydrogen) atoms. The van der Waals surface area contributed by atoms with Gasteiger partial charge in [0, 0.05) is 17.5 Å². The molecule has 1 heterocycles. The molecule has 1 radical (unpaired) electrons. The molecule has 1 aromatic heterocycles. The number of hydrogen-bond acceptors (Lipinski definition) is 1. The van der Waals surface area contributed by atoms with Crippen LogP contribution in [0.4, 0.5) is 0 Å². The highest BCUT2D eigenvalue weighted by Crippen LogP contribution is 2.39. The molecule has 1 nitrogen and oxygen atoms in total. The first-order valence-corrected chi connectivity index (χ1v) is 4.63. The Balaban J connectivity index is 2.21. The van der Waals surface area contributed by atoms with Gasteiger partial charge in [0.05, 0.1) is 5.52 Å². The zero-order chi connectivity index (χ0) is 8.67. The predicted molar refractivity (Wildman–Crippen MR) is 53.3 cm³/mol. The van der Waals surface area contributed by atoms with Crippen LogP contribution in [0, 0.1) is 5.92 Å². The summed E-state index contributed by atoms with van der Waals surface area (Å²) in [5, 5.41) is 1.23. The predicted octanol–water partition coefficient (Wildman–Crippen LogP) is 2.95. The second-order valence-corrected chi connectivity index (χ2v) is 3.51. The molecule has 1 aromatic carbocycles. The van der Waals surface area contributed by atoms with Gasteiger partial charge in [-0.2, -0.15) is 0 Å². The van der Waals surface area contributed by atoms with E-state index in [0.717, 1.165) is 5.52 Å². The van der Waals surface area contributed by atoms with Gasteiger partial charge in [0.2, 0.25) is 0 Å². The van der Waals surface area contributed by atoms with Crippen molar-refractivity contribution < 1.29 is 0 Å².